The first kappa shape index (κ1) is 14.9. The largest absolute Gasteiger partial charge is 0.385 e. The number of methoxy groups -OCH3 is 1. The summed E-state index contributed by atoms with van der Waals surface area (Å²) in [6.07, 6.45) is 3.40. The Morgan fingerprint density at radius 3 is 2.72 bits per heavy atom. The highest BCUT2D eigenvalue weighted by molar-refractivity contribution is 5.87. The third-order valence-corrected chi connectivity index (χ3v) is 2.88. The molecule has 1 atom stereocenters. The van der Waals surface area contributed by atoms with Crippen molar-refractivity contribution in [3.05, 3.63) is 0 Å². The maximum atomic E-state index is 11.9. The molecule has 0 aromatic heterocycles. The lowest BCUT2D eigenvalue weighted by atomic mass is 10.1. The SMILES string of the molecule is COCCCC(N)C(=O)N(C)CC(=O)NC1CC1. The third-order valence-electron chi connectivity index (χ3n) is 2.88. The van der Waals surface area contributed by atoms with Crippen molar-refractivity contribution in [2.45, 2.75) is 37.8 Å². The Kier molecular flexibility index (Phi) is 6.07. The van der Waals surface area contributed by atoms with Crippen LogP contribution in [0, 0.1) is 0 Å². The lowest BCUT2D eigenvalue weighted by molar-refractivity contribution is -0.135. The van der Waals surface area contributed by atoms with Crippen LogP contribution in [0.15, 0.2) is 0 Å². The molecule has 6 heteroatoms. The predicted octanol–water partition coefficient (Wildman–Crippen LogP) is -0.523. The van der Waals surface area contributed by atoms with Crippen molar-refractivity contribution in [2.24, 2.45) is 5.73 Å². The average Bonchev–Trinajstić information content (AvgIpc) is 3.11. The van der Waals surface area contributed by atoms with Crippen LogP contribution in [0.2, 0.25) is 0 Å². The fourth-order valence-corrected chi connectivity index (χ4v) is 1.65. The summed E-state index contributed by atoms with van der Waals surface area (Å²) in [7, 11) is 3.21. The van der Waals surface area contributed by atoms with E-state index in [0.29, 0.717) is 19.1 Å². The van der Waals surface area contributed by atoms with Gasteiger partial charge < -0.3 is 20.7 Å². The van der Waals surface area contributed by atoms with Gasteiger partial charge in [0.2, 0.25) is 11.8 Å². The molecule has 6 nitrogen and oxygen atoms in total. The zero-order valence-corrected chi connectivity index (χ0v) is 11.1. The third kappa shape index (κ3) is 5.46. The average molecular weight is 257 g/mol. The highest BCUT2D eigenvalue weighted by Gasteiger charge is 2.25. The van der Waals surface area contributed by atoms with E-state index in [0.717, 1.165) is 19.3 Å². The predicted molar refractivity (Wildman–Crippen MR) is 67.9 cm³/mol. The molecule has 1 aliphatic rings. The van der Waals surface area contributed by atoms with E-state index in [1.807, 2.05) is 0 Å². The van der Waals surface area contributed by atoms with E-state index >= 15 is 0 Å². The Labute approximate surface area is 108 Å². The molecule has 2 amide bonds. The Balaban J connectivity index is 2.23. The maximum absolute atomic E-state index is 11.9. The molecule has 0 spiro atoms. The molecule has 1 fully saturated rings. The maximum Gasteiger partial charge on any atom is 0.239 e. The summed E-state index contributed by atoms with van der Waals surface area (Å²) in [5, 5.41) is 2.84. The van der Waals surface area contributed by atoms with E-state index < -0.39 is 6.04 Å². The highest BCUT2D eigenvalue weighted by Crippen LogP contribution is 2.18. The van der Waals surface area contributed by atoms with Gasteiger partial charge in [0.05, 0.1) is 12.6 Å². The van der Waals surface area contributed by atoms with E-state index in [2.05, 4.69) is 5.32 Å². The molecule has 104 valence electrons. The van der Waals surface area contributed by atoms with Crippen molar-refractivity contribution < 1.29 is 14.3 Å². The summed E-state index contributed by atoms with van der Waals surface area (Å²) in [4.78, 5) is 24.8. The van der Waals surface area contributed by atoms with Gasteiger partial charge in [0.15, 0.2) is 0 Å². The molecule has 1 aliphatic carbocycles. The van der Waals surface area contributed by atoms with Gasteiger partial charge in [-0.05, 0) is 25.7 Å². The van der Waals surface area contributed by atoms with Crippen LogP contribution in [0.1, 0.15) is 25.7 Å². The normalized spacial score (nSPS) is 16.2. The van der Waals surface area contributed by atoms with Crippen molar-refractivity contribution in [3.8, 4) is 0 Å². The number of nitrogens with zero attached hydrogens (tertiary/aromatic N) is 1. The molecule has 0 aromatic carbocycles. The minimum absolute atomic E-state index is 0.0767. The minimum atomic E-state index is -0.557. The summed E-state index contributed by atoms with van der Waals surface area (Å²) in [5.74, 6) is -0.311. The smallest absolute Gasteiger partial charge is 0.239 e. The number of rotatable bonds is 8. The molecule has 0 heterocycles. The van der Waals surface area contributed by atoms with Gasteiger partial charge in [-0.3, -0.25) is 9.59 Å². The molecule has 0 radical (unpaired) electrons. The Hall–Kier alpha value is -1.14. The van der Waals surface area contributed by atoms with E-state index in [-0.39, 0.29) is 18.4 Å². The van der Waals surface area contributed by atoms with Gasteiger partial charge in [0.1, 0.15) is 0 Å². The second kappa shape index (κ2) is 7.33. The highest BCUT2D eigenvalue weighted by atomic mass is 16.5. The zero-order chi connectivity index (χ0) is 13.5. The summed E-state index contributed by atoms with van der Waals surface area (Å²) >= 11 is 0. The van der Waals surface area contributed by atoms with Gasteiger partial charge in [-0.25, -0.2) is 0 Å². The first-order chi connectivity index (χ1) is 8.54. The van der Waals surface area contributed by atoms with Gasteiger partial charge in [-0.2, -0.15) is 0 Å². The Morgan fingerprint density at radius 1 is 1.50 bits per heavy atom. The van der Waals surface area contributed by atoms with Crippen LogP contribution in [-0.4, -0.2) is 56.1 Å². The van der Waals surface area contributed by atoms with Crippen LogP contribution in [0.25, 0.3) is 0 Å². The molecule has 0 aliphatic heterocycles. The molecule has 1 saturated carbocycles. The van der Waals surface area contributed by atoms with Crippen LogP contribution in [0.3, 0.4) is 0 Å². The fourth-order valence-electron chi connectivity index (χ4n) is 1.65. The monoisotopic (exact) mass is 257 g/mol. The van der Waals surface area contributed by atoms with E-state index in [1.165, 1.54) is 4.90 Å². The van der Waals surface area contributed by atoms with Crippen LogP contribution < -0.4 is 11.1 Å². The number of nitrogens with two attached hydrogens (primary N) is 1. The summed E-state index contributed by atoms with van der Waals surface area (Å²) in [5.41, 5.74) is 5.77. The topological polar surface area (TPSA) is 84.7 Å². The lowest BCUT2D eigenvalue weighted by Crippen LogP contribution is -2.46. The molecule has 18 heavy (non-hydrogen) atoms. The lowest BCUT2D eigenvalue weighted by Gasteiger charge is -2.20. The zero-order valence-electron chi connectivity index (χ0n) is 11.1. The number of likely N-dealkylation sites (N-methyl/N-ethyl adjacent to an activating group) is 1. The number of amides is 2. The van der Waals surface area contributed by atoms with E-state index in [1.54, 1.807) is 14.2 Å². The Morgan fingerprint density at radius 2 is 2.17 bits per heavy atom. The second-order valence-corrected chi connectivity index (χ2v) is 4.78. The summed E-state index contributed by atoms with van der Waals surface area (Å²) < 4.78 is 4.90. The second-order valence-electron chi connectivity index (χ2n) is 4.78. The number of carbonyl (C=O) groups is 2. The molecule has 0 aromatic rings. The van der Waals surface area contributed by atoms with Gasteiger partial charge in [0, 0.05) is 26.8 Å². The quantitative estimate of drug-likeness (QED) is 0.573. The minimum Gasteiger partial charge on any atom is -0.385 e. The molecular weight excluding hydrogens is 234 g/mol. The molecule has 0 bridgehead atoms. The van der Waals surface area contributed by atoms with E-state index in [9.17, 15) is 9.59 Å². The van der Waals surface area contributed by atoms with E-state index in [4.69, 9.17) is 10.5 Å². The van der Waals surface area contributed by atoms with Gasteiger partial charge in [-0.1, -0.05) is 0 Å². The number of ether oxygens (including phenoxy) is 1. The molecular formula is C12H23N3O3. The van der Waals surface area contributed by atoms with Crippen LogP contribution >= 0.6 is 0 Å². The number of carbonyl (C=O) groups excluding carboxylic acids is 2. The van der Waals surface area contributed by atoms with Crippen LogP contribution in [0.5, 0.6) is 0 Å². The number of hydrogen-bond donors (Lipinski definition) is 2. The molecule has 0 saturated heterocycles. The van der Waals surface area contributed by atoms with Crippen molar-refractivity contribution in [3.63, 3.8) is 0 Å². The number of nitrogens with one attached hydrogen (secondary N) is 1. The first-order valence-corrected chi connectivity index (χ1v) is 6.33. The number of hydrogen-bond acceptors (Lipinski definition) is 4. The molecule has 3 N–H and O–H groups in total. The fraction of sp³-hybridized carbons (Fsp3) is 0.833. The first-order valence-electron chi connectivity index (χ1n) is 6.33. The van der Waals surface area contributed by atoms with Crippen molar-refractivity contribution in [1.82, 2.24) is 10.2 Å². The molecule has 1 rings (SSSR count). The van der Waals surface area contributed by atoms with Crippen LogP contribution in [-0.2, 0) is 14.3 Å². The van der Waals surface area contributed by atoms with Gasteiger partial charge >= 0.3 is 0 Å². The molecule has 1 unspecified atom stereocenters. The summed E-state index contributed by atoms with van der Waals surface area (Å²) in [6.45, 7) is 0.667. The van der Waals surface area contributed by atoms with Crippen molar-refractivity contribution in [1.29, 1.82) is 0 Å². The van der Waals surface area contributed by atoms with Gasteiger partial charge in [0.25, 0.3) is 0 Å². The van der Waals surface area contributed by atoms with Crippen LogP contribution in [0.4, 0.5) is 0 Å². The summed E-state index contributed by atoms with van der Waals surface area (Å²) in [6, 6.07) is -0.241. The van der Waals surface area contributed by atoms with Crippen molar-refractivity contribution in [2.75, 3.05) is 27.3 Å². The van der Waals surface area contributed by atoms with Crippen molar-refractivity contribution >= 4 is 11.8 Å². The standard InChI is InChI=1S/C12H23N3O3/c1-15(8-11(16)14-9-5-6-9)12(17)10(13)4-3-7-18-2/h9-10H,3-8,13H2,1-2H3,(H,14,16). The Bertz CT molecular complexity index is 292. The van der Waals surface area contributed by atoms with Gasteiger partial charge in [-0.15, -0.1) is 0 Å².